The largest absolute Gasteiger partial charge is 0.399 e. The Kier molecular flexibility index (Phi) is 1.55. The second-order valence-corrected chi connectivity index (χ2v) is 3.02. The van der Waals surface area contributed by atoms with Gasteiger partial charge in [-0.05, 0) is 23.2 Å². The monoisotopic (exact) mass is 175 g/mol. The number of aryl methyl sites for hydroxylation is 1. The zero-order valence-corrected chi connectivity index (χ0v) is 7.36. The Labute approximate surface area is 75.8 Å². The summed E-state index contributed by atoms with van der Waals surface area (Å²) in [5.41, 5.74) is 13.1. The second-order valence-electron chi connectivity index (χ2n) is 3.02. The van der Waals surface area contributed by atoms with Gasteiger partial charge in [0.25, 0.3) is 6.33 Å². The van der Waals surface area contributed by atoms with Crippen LogP contribution in [0.5, 0.6) is 0 Å². The molecular weight excluding hydrogens is 164 g/mol. The Bertz CT molecular complexity index is 464. The molecule has 0 unspecified atom stereocenters. The van der Waals surface area contributed by atoms with Crippen LogP contribution in [0.25, 0.3) is 10.9 Å². The molecule has 0 aliphatic carbocycles. The highest BCUT2D eigenvalue weighted by molar-refractivity contribution is 5.88. The van der Waals surface area contributed by atoms with E-state index in [1.165, 1.54) is 0 Å². The summed E-state index contributed by atoms with van der Waals surface area (Å²) in [5.74, 6) is 0.514. The van der Waals surface area contributed by atoms with Crippen molar-refractivity contribution in [2.24, 2.45) is 7.05 Å². The number of fused-ring (bicyclic) bond motifs is 1. The zero-order valence-electron chi connectivity index (χ0n) is 7.36. The molecule has 66 valence electrons. The van der Waals surface area contributed by atoms with Crippen LogP contribution in [0, 0.1) is 0 Å². The van der Waals surface area contributed by atoms with Crippen LogP contribution >= 0.6 is 0 Å². The third-order valence-electron chi connectivity index (χ3n) is 2.05. The predicted molar refractivity (Wildman–Crippen MR) is 51.7 cm³/mol. The number of aromatic nitrogens is 2. The molecule has 13 heavy (non-hydrogen) atoms. The fourth-order valence-corrected chi connectivity index (χ4v) is 1.35. The Hall–Kier alpha value is -1.84. The van der Waals surface area contributed by atoms with Crippen molar-refractivity contribution >= 4 is 22.4 Å². The van der Waals surface area contributed by atoms with Crippen LogP contribution < -0.4 is 16.0 Å². The molecule has 0 fully saturated rings. The van der Waals surface area contributed by atoms with Gasteiger partial charge in [-0.25, -0.2) is 4.57 Å². The van der Waals surface area contributed by atoms with E-state index in [4.69, 9.17) is 11.5 Å². The van der Waals surface area contributed by atoms with Crippen LogP contribution in [0.4, 0.5) is 11.5 Å². The number of anilines is 2. The summed E-state index contributed by atoms with van der Waals surface area (Å²) in [6.45, 7) is 0. The number of nitrogen functional groups attached to an aromatic ring is 2. The Balaban J connectivity index is 2.92. The van der Waals surface area contributed by atoms with Gasteiger partial charge in [-0.1, -0.05) is 0 Å². The fourth-order valence-electron chi connectivity index (χ4n) is 1.35. The smallest absolute Gasteiger partial charge is 0.289 e. The van der Waals surface area contributed by atoms with Crippen molar-refractivity contribution in [1.29, 1.82) is 0 Å². The molecule has 2 aromatic rings. The van der Waals surface area contributed by atoms with Crippen LogP contribution in [0.2, 0.25) is 0 Å². The summed E-state index contributed by atoms with van der Waals surface area (Å²) in [4.78, 5) is 4.03. The third kappa shape index (κ3) is 1.16. The lowest BCUT2D eigenvalue weighted by Crippen LogP contribution is -2.29. The van der Waals surface area contributed by atoms with Crippen molar-refractivity contribution in [1.82, 2.24) is 4.98 Å². The van der Waals surface area contributed by atoms with Crippen molar-refractivity contribution in [3.05, 3.63) is 24.5 Å². The molecule has 0 bridgehead atoms. The first kappa shape index (κ1) is 7.79. The van der Waals surface area contributed by atoms with Gasteiger partial charge in [0.2, 0.25) is 5.82 Å². The van der Waals surface area contributed by atoms with Crippen LogP contribution in [0.15, 0.2) is 24.5 Å². The first-order chi connectivity index (χ1) is 6.18. The molecule has 0 radical (unpaired) electrons. The van der Waals surface area contributed by atoms with E-state index >= 15 is 0 Å². The number of benzene rings is 1. The number of nitrogens with two attached hydrogens (primary N) is 2. The third-order valence-corrected chi connectivity index (χ3v) is 2.05. The molecule has 4 nitrogen and oxygen atoms in total. The normalized spacial score (nSPS) is 10.5. The lowest BCUT2D eigenvalue weighted by atomic mass is 10.2. The van der Waals surface area contributed by atoms with Gasteiger partial charge < -0.3 is 11.5 Å². The van der Waals surface area contributed by atoms with Crippen LogP contribution in [-0.2, 0) is 7.05 Å². The van der Waals surface area contributed by atoms with Crippen LogP contribution in [-0.4, -0.2) is 4.98 Å². The van der Waals surface area contributed by atoms with E-state index in [2.05, 4.69) is 4.98 Å². The molecule has 0 amide bonds. The Morgan fingerprint density at radius 3 is 2.85 bits per heavy atom. The predicted octanol–water partition coefficient (Wildman–Crippen LogP) is 0.224. The van der Waals surface area contributed by atoms with Crippen molar-refractivity contribution < 1.29 is 4.57 Å². The summed E-state index contributed by atoms with van der Waals surface area (Å²) >= 11 is 0. The molecule has 0 saturated carbocycles. The van der Waals surface area contributed by atoms with Crippen LogP contribution in [0.3, 0.4) is 0 Å². The van der Waals surface area contributed by atoms with E-state index < -0.39 is 0 Å². The van der Waals surface area contributed by atoms with Gasteiger partial charge in [0, 0.05) is 5.69 Å². The molecule has 4 N–H and O–H groups in total. The van der Waals surface area contributed by atoms with Gasteiger partial charge in [0.1, 0.15) is 5.52 Å². The maximum atomic E-state index is 5.71. The van der Waals surface area contributed by atoms with Crippen molar-refractivity contribution in [2.45, 2.75) is 0 Å². The number of hydrogen-bond acceptors (Lipinski definition) is 3. The number of hydrogen-bond donors (Lipinski definition) is 2. The molecule has 4 heteroatoms. The van der Waals surface area contributed by atoms with E-state index in [-0.39, 0.29) is 0 Å². The molecule has 0 aliphatic rings. The molecule has 0 spiro atoms. The summed E-state index contributed by atoms with van der Waals surface area (Å²) in [6, 6.07) is 5.61. The maximum absolute atomic E-state index is 5.71. The van der Waals surface area contributed by atoms with E-state index in [0.29, 0.717) is 11.5 Å². The van der Waals surface area contributed by atoms with Gasteiger partial charge in [-0.3, -0.25) is 0 Å². The second kappa shape index (κ2) is 2.58. The standard InChI is InChI=1S/C9H10N4/c1-13-5-12-9(11)7-4-6(10)2-3-8(7)13/h2-5,11H,10H2,1H3/p+1. The molecule has 2 rings (SSSR count). The van der Waals surface area contributed by atoms with E-state index in [9.17, 15) is 0 Å². The summed E-state index contributed by atoms with van der Waals surface area (Å²) in [6.07, 6.45) is 1.69. The quantitative estimate of drug-likeness (QED) is 0.444. The lowest BCUT2D eigenvalue weighted by molar-refractivity contribution is -0.647. The van der Waals surface area contributed by atoms with Crippen molar-refractivity contribution in [3.8, 4) is 0 Å². The lowest BCUT2D eigenvalue weighted by Gasteiger charge is -1.99. The summed E-state index contributed by atoms with van der Waals surface area (Å²) < 4.78 is 1.91. The first-order valence-electron chi connectivity index (χ1n) is 3.98. The minimum absolute atomic E-state index is 0.514. The zero-order chi connectivity index (χ0) is 9.42. The molecule has 1 heterocycles. The molecule has 0 atom stereocenters. The van der Waals surface area contributed by atoms with Crippen molar-refractivity contribution in [2.75, 3.05) is 11.5 Å². The van der Waals surface area contributed by atoms with E-state index in [1.54, 1.807) is 6.33 Å². The van der Waals surface area contributed by atoms with E-state index in [0.717, 1.165) is 10.9 Å². The van der Waals surface area contributed by atoms with E-state index in [1.807, 2.05) is 29.8 Å². The van der Waals surface area contributed by atoms with Gasteiger partial charge in [0.15, 0.2) is 0 Å². The highest BCUT2D eigenvalue weighted by Crippen LogP contribution is 2.17. The van der Waals surface area contributed by atoms with Crippen LogP contribution in [0.1, 0.15) is 0 Å². The minimum Gasteiger partial charge on any atom is -0.399 e. The highest BCUT2D eigenvalue weighted by atomic mass is 15.0. The molecule has 1 aromatic heterocycles. The minimum atomic E-state index is 0.514. The number of rotatable bonds is 0. The average molecular weight is 175 g/mol. The SMILES string of the molecule is C[n+]1cnc(N)c2cc(N)ccc21. The fraction of sp³-hybridized carbons (Fsp3) is 0.111. The number of nitrogens with zero attached hydrogens (tertiary/aromatic N) is 2. The Morgan fingerprint density at radius 2 is 2.08 bits per heavy atom. The highest BCUT2D eigenvalue weighted by Gasteiger charge is 2.08. The van der Waals surface area contributed by atoms with Gasteiger partial charge in [-0.15, -0.1) is 0 Å². The maximum Gasteiger partial charge on any atom is 0.289 e. The Morgan fingerprint density at radius 1 is 1.31 bits per heavy atom. The average Bonchev–Trinajstić information content (AvgIpc) is 2.12. The summed E-state index contributed by atoms with van der Waals surface area (Å²) in [5, 5.41) is 0.894. The van der Waals surface area contributed by atoms with Crippen molar-refractivity contribution in [3.63, 3.8) is 0 Å². The molecular formula is C9H11N4+. The van der Waals surface area contributed by atoms with Gasteiger partial charge in [-0.2, -0.15) is 0 Å². The molecule has 0 aliphatic heterocycles. The summed E-state index contributed by atoms with van der Waals surface area (Å²) in [7, 11) is 1.92. The molecule has 0 saturated heterocycles. The first-order valence-corrected chi connectivity index (χ1v) is 3.98. The molecule has 1 aromatic carbocycles. The van der Waals surface area contributed by atoms with Gasteiger partial charge >= 0.3 is 0 Å². The van der Waals surface area contributed by atoms with Gasteiger partial charge in [0.05, 0.1) is 12.4 Å². The topological polar surface area (TPSA) is 68.8 Å².